The summed E-state index contributed by atoms with van der Waals surface area (Å²) in [5, 5.41) is 10.5. The van der Waals surface area contributed by atoms with Crippen molar-refractivity contribution in [2.24, 2.45) is 11.8 Å². The Balaban J connectivity index is 1.46. The monoisotopic (exact) mass is 333 g/mol. The molecule has 4 rings (SSSR count). The highest BCUT2D eigenvalue weighted by atomic mass is 19.1. The van der Waals surface area contributed by atoms with Crippen LogP contribution in [0.25, 0.3) is 0 Å². The fourth-order valence-electron chi connectivity index (χ4n) is 4.73. The second-order valence-electron chi connectivity index (χ2n) is 7.41. The van der Waals surface area contributed by atoms with E-state index in [1.807, 2.05) is 0 Å². The molecule has 2 aliphatic heterocycles. The molecule has 3 aliphatic rings. The average molecular weight is 333 g/mol. The first kappa shape index (κ1) is 16.0. The summed E-state index contributed by atoms with van der Waals surface area (Å²) in [5.74, 6) is -0.175. The van der Waals surface area contributed by atoms with Gasteiger partial charge in [0.2, 0.25) is 0 Å². The molecular formula is C18H24FN3O2. The maximum Gasteiger partial charge on any atom is 0.275 e. The Morgan fingerprint density at radius 1 is 1.21 bits per heavy atom. The molecule has 24 heavy (non-hydrogen) atoms. The highest BCUT2D eigenvalue weighted by Gasteiger charge is 2.45. The summed E-state index contributed by atoms with van der Waals surface area (Å²) in [6.45, 7) is 3.39. The molecule has 3 heterocycles. The van der Waals surface area contributed by atoms with Crippen molar-refractivity contribution in [3.05, 3.63) is 29.8 Å². The van der Waals surface area contributed by atoms with Crippen LogP contribution in [-0.2, 0) is 0 Å². The molecule has 0 spiro atoms. The first-order chi connectivity index (χ1) is 11.6. The normalized spacial score (nSPS) is 33.7. The van der Waals surface area contributed by atoms with Crippen LogP contribution in [0.2, 0.25) is 0 Å². The number of aromatic nitrogens is 1. The number of aliphatic hydroxyl groups is 1. The first-order valence-corrected chi connectivity index (χ1v) is 8.95. The molecule has 5 nitrogen and oxygen atoms in total. The topological polar surface area (TPSA) is 56.7 Å². The van der Waals surface area contributed by atoms with Crippen molar-refractivity contribution in [1.82, 2.24) is 14.8 Å². The third-order valence-electron chi connectivity index (χ3n) is 5.97. The minimum Gasteiger partial charge on any atom is -0.391 e. The molecule has 1 N–H and O–H groups in total. The van der Waals surface area contributed by atoms with E-state index in [2.05, 4.69) is 9.88 Å². The van der Waals surface area contributed by atoms with E-state index in [1.54, 1.807) is 4.90 Å². The second kappa shape index (κ2) is 6.41. The molecule has 0 bridgehead atoms. The Morgan fingerprint density at radius 3 is 2.62 bits per heavy atom. The van der Waals surface area contributed by atoms with Gasteiger partial charge in [-0.05, 0) is 62.7 Å². The number of amides is 1. The Bertz CT molecular complexity index is 620. The molecule has 1 aromatic rings. The van der Waals surface area contributed by atoms with Crippen molar-refractivity contribution in [2.45, 2.75) is 37.8 Å². The summed E-state index contributed by atoms with van der Waals surface area (Å²) in [7, 11) is 0. The van der Waals surface area contributed by atoms with E-state index in [-0.39, 0.29) is 23.7 Å². The van der Waals surface area contributed by atoms with Crippen LogP contribution in [-0.4, -0.2) is 64.1 Å². The molecule has 1 saturated carbocycles. The van der Waals surface area contributed by atoms with Gasteiger partial charge >= 0.3 is 0 Å². The van der Waals surface area contributed by atoms with E-state index in [0.29, 0.717) is 24.9 Å². The lowest BCUT2D eigenvalue weighted by atomic mass is 9.77. The summed E-state index contributed by atoms with van der Waals surface area (Å²) in [5.41, 5.74) is -0.0900. The van der Waals surface area contributed by atoms with Gasteiger partial charge in [-0.2, -0.15) is 0 Å². The number of fused-ring (bicyclic) bond motifs is 1. The molecule has 3 fully saturated rings. The molecule has 2 saturated heterocycles. The smallest absolute Gasteiger partial charge is 0.275 e. The largest absolute Gasteiger partial charge is 0.391 e. The van der Waals surface area contributed by atoms with E-state index in [0.717, 1.165) is 25.9 Å². The fraction of sp³-hybridized carbons (Fsp3) is 0.667. The lowest BCUT2D eigenvalue weighted by Gasteiger charge is -2.40. The zero-order valence-electron chi connectivity index (χ0n) is 13.8. The Kier molecular flexibility index (Phi) is 4.26. The average Bonchev–Trinajstić information content (AvgIpc) is 3.23. The van der Waals surface area contributed by atoms with Crippen LogP contribution in [0.3, 0.4) is 0 Å². The number of pyridine rings is 1. The van der Waals surface area contributed by atoms with Gasteiger partial charge in [0.15, 0.2) is 11.5 Å². The third kappa shape index (κ3) is 2.82. The van der Waals surface area contributed by atoms with Gasteiger partial charge in [-0.1, -0.05) is 0 Å². The zero-order chi connectivity index (χ0) is 16.7. The van der Waals surface area contributed by atoms with E-state index in [9.17, 15) is 14.3 Å². The number of rotatable bonds is 2. The Hall–Kier alpha value is -1.53. The minimum absolute atomic E-state index is 0.0900. The molecular weight excluding hydrogens is 309 g/mol. The molecule has 0 unspecified atom stereocenters. The van der Waals surface area contributed by atoms with E-state index in [1.165, 1.54) is 31.2 Å². The summed E-state index contributed by atoms with van der Waals surface area (Å²) < 4.78 is 13.8. The van der Waals surface area contributed by atoms with Crippen molar-refractivity contribution < 1.29 is 14.3 Å². The lowest BCUT2D eigenvalue weighted by molar-refractivity contribution is -0.000865. The maximum atomic E-state index is 13.8. The van der Waals surface area contributed by atoms with Gasteiger partial charge in [-0.3, -0.25) is 9.69 Å². The van der Waals surface area contributed by atoms with Gasteiger partial charge in [0.05, 0.1) is 6.10 Å². The minimum atomic E-state index is -0.563. The predicted molar refractivity (Wildman–Crippen MR) is 86.9 cm³/mol. The number of nitrogens with zero attached hydrogens (tertiary/aromatic N) is 3. The van der Waals surface area contributed by atoms with Gasteiger partial charge in [-0.25, -0.2) is 9.37 Å². The number of hydrogen-bond donors (Lipinski definition) is 1. The van der Waals surface area contributed by atoms with Crippen molar-refractivity contribution in [3.8, 4) is 0 Å². The molecule has 1 aliphatic carbocycles. The van der Waals surface area contributed by atoms with Crippen LogP contribution in [0.5, 0.6) is 0 Å². The molecule has 0 aromatic carbocycles. The Labute approximate surface area is 141 Å². The standard InChI is InChI=1S/C18H24FN3O2/c19-14-4-3-5-20-17(14)18(24)22-10-12-8-15(21-6-1-2-7-21)16(23)9-13(12)11-22/h3-5,12-13,15-16,23H,1-2,6-11H2/t12-,13+,15-,16-/m1/s1. The molecule has 0 radical (unpaired) electrons. The second-order valence-corrected chi connectivity index (χ2v) is 7.41. The van der Waals surface area contributed by atoms with E-state index >= 15 is 0 Å². The number of hydrogen-bond acceptors (Lipinski definition) is 4. The summed E-state index contributed by atoms with van der Waals surface area (Å²) in [6, 6.07) is 2.99. The Morgan fingerprint density at radius 2 is 1.92 bits per heavy atom. The molecule has 6 heteroatoms. The third-order valence-corrected chi connectivity index (χ3v) is 5.97. The summed E-state index contributed by atoms with van der Waals surface area (Å²) in [4.78, 5) is 20.6. The molecule has 1 amide bonds. The van der Waals surface area contributed by atoms with E-state index < -0.39 is 5.82 Å². The van der Waals surface area contributed by atoms with Crippen LogP contribution in [0.4, 0.5) is 4.39 Å². The quantitative estimate of drug-likeness (QED) is 0.892. The predicted octanol–water partition coefficient (Wildman–Crippen LogP) is 1.53. The maximum absolute atomic E-state index is 13.8. The first-order valence-electron chi connectivity index (χ1n) is 8.95. The number of likely N-dealkylation sites (tertiary alicyclic amines) is 2. The van der Waals surface area contributed by atoms with E-state index in [4.69, 9.17) is 0 Å². The van der Waals surface area contributed by atoms with Crippen LogP contribution >= 0.6 is 0 Å². The van der Waals surface area contributed by atoms with Gasteiger partial charge < -0.3 is 10.0 Å². The van der Waals surface area contributed by atoms with Gasteiger partial charge in [-0.15, -0.1) is 0 Å². The van der Waals surface area contributed by atoms with Crippen LogP contribution < -0.4 is 0 Å². The number of carbonyl (C=O) groups excluding carboxylic acids is 1. The SMILES string of the molecule is O=C(c1ncccc1F)N1C[C@H]2C[C@@H](N3CCCC3)[C@H](O)C[C@H]2C1. The highest BCUT2D eigenvalue weighted by molar-refractivity contribution is 5.92. The fourth-order valence-corrected chi connectivity index (χ4v) is 4.73. The van der Waals surface area contributed by atoms with Gasteiger partial charge in [0.1, 0.15) is 0 Å². The molecule has 4 atom stereocenters. The van der Waals surface area contributed by atoms with Crippen molar-refractivity contribution in [3.63, 3.8) is 0 Å². The number of aliphatic hydroxyl groups excluding tert-OH is 1. The summed E-state index contributed by atoms with van der Waals surface area (Å²) in [6.07, 6.45) is 5.22. The van der Waals surface area contributed by atoms with Crippen molar-refractivity contribution in [1.29, 1.82) is 0 Å². The van der Waals surface area contributed by atoms with Crippen molar-refractivity contribution >= 4 is 5.91 Å². The number of carbonyl (C=O) groups is 1. The summed E-state index contributed by atoms with van der Waals surface area (Å²) >= 11 is 0. The van der Waals surface area contributed by atoms with Crippen LogP contribution in [0.15, 0.2) is 18.3 Å². The lowest BCUT2D eigenvalue weighted by Crippen LogP contribution is -2.48. The molecule has 130 valence electrons. The zero-order valence-corrected chi connectivity index (χ0v) is 13.8. The van der Waals surface area contributed by atoms with Crippen molar-refractivity contribution in [2.75, 3.05) is 26.2 Å². The number of halogens is 1. The highest BCUT2D eigenvalue weighted by Crippen LogP contribution is 2.39. The van der Waals surface area contributed by atoms with Gasteiger partial charge in [0, 0.05) is 25.3 Å². The van der Waals surface area contributed by atoms with Crippen LogP contribution in [0, 0.1) is 17.7 Å². The molecule has 1 aromatic heterocycles. The van der Waals surface area contributed by atoms with Gasteiger partial charge in [0.25, 0.3) is 5.91 Å². The van der Waals surface area contributed by atoms with Crippen LogP contribution in [0.1, 0.15) is 36.2 Å².